The van der Waals surface area contributed by atoms with Crippen LogP contribution < -0.4 is 5.32 Å². The van der Waals surface area contributed by atoms with Crippen LogP contribution >= 0.6 is 22.7 Å². The van der Waals surface area contributed by atoms with Gasteiger partial charge in [-0.1, -0.05) is 12.1 Å². The molecular weight excluding hydrogens is 362 g/mol. The molecule has 0 aliphatic heterocycles. The molecule has 0 aliphatic rings. The van der Waals surface area contributed by atoms with Gasteiger partial charge in [-0.25, -0.2) is 13.8 Å². The third-order valence-electron chi connectivity index (χ3n) is 3.59. The highest BCUT2D eigenvalue weighted by molar-refractivity contribution is 7.22. The maximum atomic E-state index is 13.8. The summed E-state index contributed by atoms with van der Waals surface area (Å²) in [6.07, 6.45) is 0. The number of para-hydroxylation sites is 1. The summed E-state index contributed by atoms with van der Waals surface area (Å²) in [6.45, 7) is 0. The zero-order valence-electron chi connectivity index (χ0n) is 12.6. The molecule has 4 rings (SSSR count). The number of thiophene rings is 1. The zero-order valence-corrected chi connectivity index (χ0v) is 14.3. The number of hydrogen-bond donors (Lipinski definition) is 1. The number of nitrogens with one attached hydrogen (secondary N) is 1. The van der Waals surface area contributed by atoms with Crippen molar-refractivity contribution in [1.82, 2.24) is 4.98 Å². The number of aromatic nitrogens is 1. The van der Waals surface area contributed by atoms with Crippen LogP contribution in [0.1, 0.15) is 10.4 Å². The van der Waals surface area contributed by atoms with Crippen LogP contribution in [0.25, 0.3) is 20.8 Å². The fraction of sp³-hybridized carbons (Fsp3) is 0. The van der Waals surface area contributed by atoms with Crippen LogP contribution in [-0.4, -0.2) is 10.9 Å². The lowest BCUT2D eigenvalue weighted by molar-refractivity contribution is 0.102. The van der Waals surface area contributed by atoms with E-state index in [4.69, 9.17) is 0 Å². The van der Waals surface area contributed by atoms with Crippen molar-refractivity contribution in [3.05, 3.63) is 71.1 Å². The van der Waals surface area contributed by atoms with E-state index in [0.29, 0.717) is 11.1 Å². The lowest BCUT2D eigenvalue weighted by Gasteiger charge is -2.06. The summed E-state index contributed by atoms with van der Waals surface area (Å²) in [6, 6.07) is 12.5. The quantitative estimate of drug-likeness (QED) is 0.512. The molecule has 2 aromatic heterocycles. The van der Waals surface area contributed by atoms with Gasteiger partial charge in [0.2, 0.25) is 0 Å². The fourth-order valence-electron chi connectivity index (χ4n) is 2.41. The maximum absolute atomic E-state index is 13.8. The van der Waals surface area contributed by atoms with E-state index in [1.165, 1.54) is 22.7 Å². The molecule has 0 saturated heterocycles. The monoisotopic (exact) mass is 372 g/mol. The van der Waals surface area contributed by atoms with Crippen LogP contribution in [0.5, 0.6) is 0 Å². The normalized spacial score (nSPS) is 11.0. The van der Waals surface area contributed by atoms with Gasteiger partial charge in [0.25, 0.3) is 5.91 Å². The zero-order chi connectivity index (χ0) is 17.4. The topological polar surface area (TPSA) is 42.0 Å². The number of carbonyl (C=O) groups is 1. The summed E-state index contributed by atoms with van der Waals surface area (Å²) < 4.78 is 27.8. The summed E-state index contributed by atoms with van der Waals surface area (Å²) in [5.74, 6) is -2.24. The largest absolute Gasteiger partial charge is 0.313 e. The standard InChI is InChI=1S/C18H10F2N2OS2/c19-10-5-6-11(13(20)9-10)16(23)22-17-12(7-8-24-17)18-21-14-3-1-2-4-15(14)25-18/h1-9H,(H,22,23). The minimum atomic E-state index is -0.893. The molecule has 0 fully saturated rings. The predicted octanol–water partition coefficient (Wildman–Crippen LogP) is 5.56. The van der Waals surface area contributed by atoms with Crippen molar-refractivity contribution in [2.75, 3.05) is 5.32 Å². The molecule has 2 aromatic carbocycles. The number of fused-ring (bicyclic) bond motifs is 1. The Morgan fingerprint density at radius 1 is 1.08 bits per heavy atom. The molecule has 124 valence electrons. The third-order valence-corrected chi connectivity index (χ3v) is 5.49. The molecule has 4 aromatic rings. The first-order valence-electron chi connectivity index (χ1n) is 7.31. The molecule has 0 unspecified atom stereocenters. The van der Waals surface area contributed by atoms with E-state index in [1.54, 1.807) is 0 Å². The number of amides is 1. The maximum Gasteiger partial charge on any atom is 0.259 e. The smallest absolute Gasteiger partial charge is 0.259 e. The summed E-state index contributed by atoms with van der Waals surface area (Å²) in [5.41, 5.74) is 1.46. The minimum Gasteiger partial charge on any atom is -0.313 e. The van der Waals surface area contributed by atoms with Gasteiger partial charge < -0.3 is 5.32 Å². The van der Waals surface area contributed by atoms with E-state index < -0.39 is 17.5 Å². The third kappa shape index (κ3) is 3.04. The van der Waals surface area contributed by atoms with Crippen molar-refractivity contribution in [2.24, 2.45) is 0 Å². The van der Waals surface area contributed by atoms with Crippen molar-refractivity contribution in [3.63, 3.8) is 0 Å². The molecular formula is C18H10F2N2OS2. The van der Waals surface area contributed by atoms with Gasteiger partial charge >= 0.3 is 0 Å². The van der Waals surface area contributed by atoms with Crippen LogP contribution in [0, 0.1) is 11.6 Å². The Kier molecular flexibility index (Phi) is 4.03. The second-order valence-electron chi connectivity index (χ2n) is 5.23. The minimum absolute atomic E-state index is 0.204. The van der Waals surface area contributed by atoms with Crippen molar-refractivity contribution >= 4 is 43.8 Å². The fourth-order valence-corrected chi connectivity index (χ4v) is 4.25. The summed E-state index contributed by atoms with van der Waals surface area (Å²) in [4.78, 5) is 16.9. The molecule has 25 heavy (non-hydrogen) atoms. The Hall–Kier alpha value is -2.64. The Bertz CT molecular complexity index is 1050. The molecule has 0 aliphatic carbocycles. The molecule has 2 heterocycles. The highest BCUT2D eigenvalue weighted by Gasteiger charge is 2.17. The van der Waals surface area contributed by atoms with E-state index in [-0.39, 0.29) is 5.56 Å². The number of rotatable bonds is 3. The van der Waals surface area contributed by atoms with Gasteiger partial charge in [0.05, 0.1) is 15.8 Å². The molecule has 0 atom stereocenters. The van der Waals surface area contributed by atoms with Crippen LogP contribution in [0.15, 0.2) is 53.9 Å². The first kappa shape index (κ1) is 15.9. The Morgan fingerprint density at radius 3 is 2.72 bits per heavy atom. The van der Waals surface area contributed by atoms with Gasteiger partial charge in [0.1, 0.15) is 21.6 Å². The second kappa shape index (κ2) is 6.34. The Labute approximate surface area is 149 Å². The molecule has 1 N–H and O–H groups in total. The van der Waals surface area contributed by atoms with Crippen molar-refractivity contribution in [2.45, 2.75) is 0 Å². The number of nitrogens with zero attached hydrogens (tertiary/aromatic N) is 1. The number of halogens is 2. The highest BCUT2D eigenvalue weighted by Crippen LogP contribution is 2.37. The number of hydrogen-bond acceptors (Lipinski definition) is 4. The van der Waals surface area contributed by atoms with Gasteiger partial charge in [-0.2, -0.15) is 0 Å². The molecule has 1 amide bonds. The number of carbonyl (C=O) groups excluding carboxylic acids is 1. The second-order valence-corrected chi connectivity index (χ2v) is 7.18. The van der Waals surface area contributed by atoms with Gasteiger partial charge in [-0.15, -0.1) is 22.7 Å². The average Bonchev–Trinajstić information content (AvgIpc) is 3.20. The van der Waals surface area contributed by atoms with Crippen molar-refractivity contribution in [3.8, 4) is 10.6 Å². The van der Waals surface area contributed by atoms with E-state index in [1.807, 2.05) is 35.7 Å². The van der Waals surface area contributed by atoms with Gasteiger partial charge in [0, 0.05) is 11.6 Å². The average molecular weight is 372 g/mol. The molecule has 0 spiro atoms. The lowest BCUT2D eigenvalue weighted by atomic mass is 10.2. The SMILES string of the molecule is O=C(Nc1sccc1-c1nc2ccccc2s1)c1ccc(F)cc1F. The van der Waals surface area contributed by atoms with E-state index in [9.17, 15) is 13.6 Å². The molecule has 7 heteroatoms. The molecule has 3 nitrogen and oxygen atoms in total. The number of benzene rings is 2. The van der Waals surface area contributed by atoms with Gasteiger partial charge in [-0.05, 0) is 35.7 Å². The number of anilines is 1. The summed E-state index contributed by atoms with van der Waals surface area (Å²) in [7, 11) is 0. The van der Waals surface area contributed by atoms with E-state index >= 15 is 0 Å². The van der Waals surface area contributed by atoms with E-state index in [2.05, 4.69) is 10.3 Å². The van der Waals surface area contributed by atoms with Gasteiger partial charge in [0.15, 0.2) is 0 Å². The van der Waals surface area contributed by atoms with Gasteiger partial charge in [-0.3, -0.25) is 4.79 Å². The Morgan fingerprint density at radius 2 is 1.92 bits per heavy atom. The molecule has 0 saturated carbocycles. The Balaban J connectivity index is 1.66. The summed E-state index contributed by atoms with van der Waals surface area (Å²) >= 11 is 2.84. The first-order valence-corrected chi connectivity index (χ1v) is 9.01. The summed E-state index contributed by atoms with van der Waals surface area (Å²) in [5, 5.41) is 5.88. The molecule has 0 radical (unpaired) electrons. The van der Waals surface area contributed by atoms with Crippen molar-refractivity contribution in [1.29, 1.82) is 0 Å². The predicted molar refractivity (Wildman–Crippen MR) is 97.2 cm³/mol. The van der Waals surface area contributed by atoms with Crippen LogP contribution in [0.2, 0.25) is 0 Å². The lowest BCUT2D eigenvalue weighted by Crippen LogP contribution is -2.13. The molecule has 0 bridgehead atoms. The van der Waals surface area contributed by atoms with Crippen molar-refractivity contribution < 1.29 is 13.6 Å². The van der Waals surface area contributed by atoms with Crippen LogP contribution in [-0.2, 0) is 0 Å². The van der Waals surface area contributed by atoms with E-state index in [0.717, 1.165) is 32.9 Å². The highest BCUT2D eigenvalue weighted by atomic mass is 32.1. The first-order chi connectivity index (χ1) is 12.1. The number of thiazole rings is 1. The van der Waals surface area contributed by atoms with Crippen LogP contribution in [0.4, 0.5) is 13.8 Å². The van der Waals surface area contributed by atoms with Crippen LogP contribution in [0.3, 0.4) is 0 Å².